The van der Waals surface area contributed by atoms with E-state index in [-0.39, 0.29) is 12.5 Å². The zero-order valence-electron chi connectivity index (χ0n) is 12.5. The van der Waals surface area contributed by atoms with Gasteiger partial charge in [-0.3, -0.25) is 4.79 Å². The summed E-state index contributed by atoms with van der Waals surface area (Å²) in [5.41, 5.74) is 0.759. The van der Waals surface area contributed by atoms with E-state index in [1.165, 1.54) is 0 Å². The first-order valence-electron chi connectivity index (χ1n) is 6.88. The van der Waals surface area contributed by atoms with Gasteiger partial charge in [-0.2, -0.15) is 0 Å². The molecule has 0 aliphatic heterocycles. The van der Waals surface area contributed by atoms with E-state index < -0.39 is 6.10 Å². The SMILES string of the molecule is CC(C)CCNC(=O)C(C)Oc1c(Br)cc(CO)cc1Br. The van der Waals surface area contributed by atoms with E-state index in [4.69, 9.17) is 9.84 Å². The molecule has 2 N–H and O–H groups in total. The summed E-state index contributed by atoms with van der Waals surface area (Å²) in [5, 5.41) is 12.0. The second-order valence-electron chi connectivity index (χ2n) is 5.28. The molecule has 0 spiro atoms. The molecule has 118 valence electrons. The number of amides is 1. The van der Waals surface area contributed by atoms with E-state index in [0.717, 1.165) is 12.0 Å². The number of aliphatic hydroxyl groups is 1. The van der Waals surface area contributed by atoms with Crippen LogP contribution in [0.3, 0.4) is 0 Å². The Balaban J connectivity index is 2.66. The summed E-state index contributed by atoms with van der Waals surface area (Å²) in [5.74, 6) is 0.968. The third-order valence-corrected chi connectivity index (χ3v) is 4.10. The number of carbonyl (C=O) groups is 1. The summed E-state index contributed by atoms with van der Waals surface area (Å²) in [6, 6.07) is 3.53. The van der Waals surface area contributed by atoms with Gasteiger partial charge < -0.3 is 15.2 Å². The van der Waals surface area contributed by atoms with Crippen LogP contribution < -0.4 is 10.1 Å². The van der Waals surface area contributed by atoms with Gasteiger partial charge in [0.05, 0.1) is 15.6 Å². The lowest BCUT2D eigenvalue weighted by atomic mass is 10.1. The fourth-order valence-electron chi connectivity index (χ4n) is 1.67. The van der Waals surface area contributed by atoms with Crippen molar-refractivity contribution in [3.8, 4) is 5.75 Å². The summed E-state index contributed by atoms with van der Waals surface area (Å²) in [6.45, 7) is 6.54. The van der Waals surface area contributed by atoms with Crippen molar-refractivity contribution in [3.05, 3.63) is 26.6 Å². The molecule has 1 rings (SSSR count). The predicted molar refractivity (Wildman–Crippen MR) is 90.3 cm³/mol. The number of rotatable bonds is 7. The summed E-state index contributed by atoms with van der Waals surface area (Å²) in [6.07, 6.45) is 0.349. The minimum absolute atomic E-state index is 0.0529. The van der Waals surface area contributed by atoms with Gasteiger partial charge in [-0.15, -0.1) is 0 Å². The maximum absolute atomic E-state index is 12.0. The number of aliphatic hydroxyl groups excluding tert-OH is 1. The van der Waals surface area contributed by atoms with E-state index in [2.05, 4.69) is 51.0 Å². The molecule has 0 fully saturated rings. The minimum Gasteiger partial charge on any atom is -0.479 e. The molecule has 4 nitrogen and oxygen atoms in total. The molecule has 0 aromatic heterocycles. The fraction of sp³-hybridized carbons (Fsp3) is 0.533. The minimum atomic E-state index is -0.593. The largest absolute Gasteiger partial charge is 0.479 e. The summed E-state index contributed by atoms with van der Waals surface area (Å²) < 4.78 is 7.10. The van der Waals surface area contributed by atoms with Crippen LogP contribution in [0.25, 0.3) is 0 Å². The molecular weight excluding hydrogens is 402 g/mol. The van der Waals surface area contributed by atoms with Gasteiger partial charge in [-0.25, -0.2) is 0 Å². The first-order chi connectivity index (χ1) is 9.85. The second kappa shape index (κ2) is 8.76. The highest BCUT2D eigenvalue weighted by atomic mass is 79.9. The quantitative estimate of drug-likeness (QED) is 0.705. The van der Waals surface area contributed by atoms with E-state index >= 15 is 0 Å². The van der Waals surface area contributed by atoms with E-state index in [0.29, 0.717) is 27.2 Å². The number of halogens is 2. The fourth-order valence-corrected chi connectivity index (χ4v) is 3.14. The van der Waals surface area contributed by atoms with E-state index in [9.17, 15) is 4.79 Å². The van der Waals surface area contributed by atoms with Crippen LogP contribution in [0.4, 0.5) is 0 Å². The molecule has 0 saturated heterocycles. The number of carbonyl (C=O) groups excluding carboxylic acids is 1. The molecule has 0 saturated carbocycles. The summed E-state index contributed by atoms with van der Waals surface area (Å²) in [7, 11) is 0. The van der Waals surface area contributed by atoms with Gasteiger partial charge in [0.1, 0.15) is 5.75 Å². The topological polar surface area (TPSA) is 58.6 Å². The van der Waals surface area contributed by atoms with Crippen molar-refractivity contribution in [2.24, 2.45) is 5.92 Å². The lowest BCUT2D eigenvalue weighted by Gasteiger charge is -2.18. The lowest BCUT2D eigenvalue weighted by Crippen LogP contribution is -2.37. The van der Waals surface area contributed by atoms with Gasteiger partial charge in [-0.05, 0) is 68.8 Å². The monoisotopic (exact) mass is 421 g/mol. The van der Waals surface area contributed by atoms with E-state index in [1.54, 1.807) is 19.1 Å². The Morgan fingerprint density at radius 3 is 2.33 bits per heavy atom. The van der Waals surface area contributed by atoms with Crippen LogP contribution in [0.5, 0.6) is 5.75 Å². The van der Waals surface area contributed by atoms with Gasteiger partial charge in [0.25, 0.3) is 5.91 Å². The molecule has 0 aliphatic rings. The van der Waals surface area contributed by atoms with Crippen LogP contribution in [-0.2, 0) is 11.4 Å². The van der Waals surface area contributed by atoms with Gasteiger partial charge in [0.2, 0.25) is 0 Å². The number of hydrogen-bond acceptors (Lipinski definition) is 3. The first-order valence-corrected chi connectivity index (χ1v) is 8.46. The van der Waals surface area contributed by atoms with Crippen molar-refractivity contribution >= 4 is 37.8 Å². The van der Waals surface area contributed by atoms with E-state index in [1.807, 2.05) is 0 Å². The number of nitrogens with one attached hydrogen (secondary N) is 1. The molecule has 0 aliphatic carbocycles. The third kappa shape index (κ3) is 5.96. The van der Waals surface area contributed by atoms with Crippen molar-refractivity contribution in [2.45, 2.75) is 39.9 Å². The summed E-state index contributed by atoms with van der Waals surface area (Å²) >= 11 is 6.78. The van der Waals surface area contributed by atoms with Crippen molar-refractivity contribution in [2.75, 3.05) is 6.54 Å². The number of hydrogen-bond donors (Lipinski definition) is 2. The second-order valence-corrected chi connectivity index (χ2v) is 6.99. The Hall–Kier alpha value is -0.590. The molecule has 0 radical (unpaired) electrons. The standard InChI is InChI=1S/C15H21Br2NO3/c1-9(2)4-5-18-15(20)10(3)21-14-12(16)6-11(8-19)7-13(14)17/h6-7,9-10,19H,4-5,8H2,1-3H3,(H,18,20). The third-order valence-electron chi connectivity index (χ3n) is 2.93. The van der Waals surface area contributed by atoms with Crippen LogP contribution >= 0.6 is 31.9 Å². The van der Waals surface area contributed by atoms with Crippen LogP contribution in [0.15, 0.2) is 21.1 Å². The van der Waals surface area contributed by atoms with Crippen LogP contribution in [0, 0.1) is 5.92 Å². The van der Waals surface area contributed by atoms with Gasteiger partial charge in [0, 0.05) is 6.54 Å². The number of ether oxygens (including phenoxy) is 1. The van der Waals surface area contributed by atoms with Gasteiger partial charge in [0.15, 0.2) is 6.10 Å². The highest BCUT2D eigenvalue weighted by Gasteiger charge is 2.18. The molecule has 1 aromatic carbocycles. The van der Waals surface area contributed by atoms with Crippen LogP contribution in [0.1, 0.15) is 32.8 Å². The molecule has 0 heterocycles. The smallest absolute Gasteiger partial charge is 0.260 e. The maximum atomic E-state index is 12.0. The Morgan fingerprint density at radius 1 is 1.29 bits per heavy atom. The maximum Gasteiger partial charge on any atom is 0.260 e. The van der Waals surface area contributed by atoms with Gasteiger partial charge in [-0.1, -0.05) is 13.8 Å². The molecule has 6 heteroatoms. The highest BCUT2D eigenvalue weighted by molar-refractivity contribution is 9.11. The molecule has 21 heavy (non-hydrogen) atoms. The van der Waals surface area contributed by atoms with Crippen LogP contribution in [0.2, 0.25) is 0 Å². The predicted octanol–water partition coefficient (Wildman–Crippen LogP) is 3.63. The molecule has 1 atom stereocenters. The average molecular weight is 423 g/mol. The zero-order chi connectivity index (χ0) is 16.0. The normalized spacial score (nSPS) is 12.3. The van der Waals surface area contributed by atoms with Crippen molar-refractivity contribution in [1.82, 2.24) is 5.32 Å². The van der Waals surface area contributed by atoms with Gasteiger partial charge >= 0.3 is 0 Å². The molecule has 1 unspecified atom stereocenters. The molecular formula is C15H21Br2NO3. The average Bonchev–Trinajstić information content (AvgIpc) is 2.41. The van der Waals surface area contributed by atoms with Crippen molar-refractivity contribution in [1.29, 1.82) is 0 Å². The van der Waals surface area contributed by atoms with Crippen molar-refractivity contribution < 1.29 is 14.6 Å². The molecule has 1 amide bonds. The van der Waals surface area contributed by atoms with Crippen molar-refractivity contribution in [3.63, 3.8) is 0 Å². The Morgan fingerprint density at radius 2 is 1.86 bits per heavy atom. The highest BCUT2D eigenvalue weighted by Crippen LogP contribution is 2.35. The lowest BCUT2D eigenvalue weighted by molar-refractivity contribution is -0.127. The molecule has 0 bridgehead atoms. The summed E-state index contributed by atoms with van der Waals surface area (Å²) in [4.78, 5) is 12.0. The van der Waals surface area contributed by atoms with Crippen LogP contribution in [-0.4, -0.2) is 23.7 Å². The zero-order valence-corrected chi connectivity index (χ0v) is 15.6. The molecule has 1 aromatic rings. The number of benzene rings is 1. The first kappa shape index (κ1) is 18.5. The Bertz CT molecular complexity index is 469. The Labute approximate surface area is 142 Å². The Kier molecular flexibility index (Phi) is 7.70.